The zero-order chi connectivity index (χ0) is 21.8. The van der Waals surface area contributed by atoms with E-state index in [0.29, 0.717) is 0 Å². The molecule has 0 amide bonds. The van der Waals surface area contributed by atoms with Gasteiger partial charge >= 0.3 is 0 Å². The van der Waals surface area contributed by atoms with Crippen LogP contribution in [-0.2, 0) is 0 Å². The van der Waals surface area contributed by atoms with Crippen LogP contribution in [0.25, 0.3) is 0 Å². The summed E-state index contributed by atoms with van der Waals surface area (Å²) in [4.78, 5) is 0. The van der Waals surface area contributed by atoms with E-state index in [1.807, 2.05) is 6.08 Å². The Morgan fingerprint density at radius 1 is 0.367 bits per heavy atom. The average molecular weight is 419 g/mol. The Morgan fingerprint density at radius 2 is 0.667 bits per heavy atom. The molecule has 0 aliphatic heterocycles. The van der Waals surface area contributed by atoms with E-state index >= 15 is 0 Å². The first-order valence-corrected chi connectivity index (χ1v) is 14.2. The lowest BCUT2D eigenvalue weighted by molar-refractivity contribution is 0.519. The van der Waals surface area contributed by atoms with E-state index in [4.69, 9.17) is 0 Å². The third-order valence-corrected chi connectivity index (χ3v) is 6.43. The molecule has 0 radical (unpaired) electrons. The number of rotatable bonds is 26. The molecular formula is C30H58. The number of unbranched alkanes of at least 4 members (excludes halogenated alkanes) is 23. The van der Waals surface area contributed by atoms with Crippen molar-refractivity contribution in [3.05, 3.63) is 24.8 Å². The lowest BCUT2D eigenvalue weighted by Gasteiger charge is -2.04. The van der Waals surface area contributed by atoms with Crippen LogP contribution in [0.5, 0.6) is 0 Å². The van der Waals surface area contributed by atoms with Crippen LogP contribution in [0.1, 0.15) is 167 Å². The largest absolute Gasteiger partial charge is 0.103 e. The van der Waals surface area contributed by atoms with Gasteiger partial charge in [0.05, 0.1) is 0 Å². The van der Waals surface area contributed by atoms with E-state index < -0.39 is 0 Å². The van der Waals surface area contributed by atoms with E-state index in [1.165, 1.54) is 154 Å². The second kappa shape index (κ2) is 28.5. The first kappa shape index (κ1) is 29.5. The van der Waals surface area contributed by atoms with Crippen LogP contribution in [0.3, 0.4) is 0 Å². The molecule has 0 aliphatic rings. The predicted molar refractivity (Wildman–Crippen MR) is 140 cm³/mol. The second-order valence-corrected chi connectivity index (χ2v) is 9.55. The Morgan fingerprint density at radius 3 is 1.00 bits per heavy atom. The number of hydrogen-bond acceptors (Lipinski definition) is 0. The fraction of sp³-hybridized carbons (Fsp3) is 0.867. The van der Waals surface area contributed by atoms with E-state index in [2.05, 4.69) is 25.7 Å². The van der Waals surface area contributed by atoms with Crippen LogP contribution in [0, 0.1) is 0 Å². The molecule has 178 valence electrons. The quantitative estimate of drug-likeness (QED) is 0.0967. The molecule has 0 atom stereocenters. The van der Waals surface area contributed by atoms with Gasteiger partial charge in [-0.25, -0.2) is 0 Å². The molecule has 0 fully saturated rings. The molecule has 0 aliphatic carbocycles. The maximum atomic E-state index is 3.76. The summed E-state index contributed by atoms with van der Waals surface area (Å²) >= 11 is 0. The Hall–Kier alpha value is -0.520. The summed E-state index contributed by atoms with van der Waals surface area (Å²) in [6, 6.07) is 0. The van der Waals surface area contributed by atoms with Gasteiger partial charge in [-0.2, -0.15) is 0 Å². The fourth-order valence-electron chi connectivity index (χ4n) is 4.32. The molecule has 0 aromatic heterocycles. The van der Waals surface area contributed by atoms with Crippen molar-refractivity contribution >= 4 is 0 Å². The monoisotopic (exact) mass is 418 g/mol. The Kier molecular flexibility index (Phi) is 28.0. The lowest BCUT2D eigenvalue weighted by atomic mass is 10.0. The SMILES string of the molecule is C=CCCC=CCCCCCCCCCCCCCCCCCCCCCCCC. The maximum absolute atomic E-state index is 3.76. The van der Waals surface area contributed by atoms with Gasteiger partial charge < -0.3 is 0 Å². The topological polar surface area (TPSA) is 0 Å². The Labute approximate surface area is 192 Å². The normalized spacial score (nSPS) is 11.5. The van der Waals surface area contributed by atoms with E-state index in [9.17, 15) is 0 Å². The molecule has 0 spiro atoms. The summed E-state index contributed by atoms with van der Waals surface area (Å²) in [5.74, 6) is 0. The molecule has 30 heavy (non-hydrogen) atoms. The van der Waals surface area contributed by atoms with Gasteiger partial charge in [-0.15, -0.1) is 6.58 Å². The zero-order valence-corrected chi connectivity index (χ0v) is 21.1. The third-order valence-electron chi connectivity index (χ3n) is 6.43. The van der Waals surface area contributed by atoms with Crippen molar-refractivity contribution in [1.29, 1.82) is 0 Å². The van der Waals surface area contributed by atoms with E-state index in [-0.39, 0.29) is 0 Å². The molecule has 0 bridgehead atoms. The van der Waals surface area contributed by atoms with Crippen LogP contribution in [0.4, 0.5) is 0 Å². The molecule has 0 nitrogen and oxygen atoms in total. The van der Waals surface area contributed by atoms with Crippen molar-refractivity contribution in [2.45, 2.75) is 167 Å². The highest BCUT2D eigenvalue weighted by molar-refractivity contribution is 4.84. The molecule has 0 heteroatoms. The number of hydrogen-bond donors (Lipinski definition) is 0. The summed E-state index contributed by atoms with van der Waals surface area (Å²) < 4.78 is 0. The average Bonchev–Trinajstić information content (AvgIpc) is 2.76. The first-order valence-electron chi connectivity index (χ1n) is 14.2. The van der Waals surface area contributed by atoms with Crippen LogP contribution in [0.2, 0.25) is 0 Å². The molecule has 0 heterocycles. The van der Waals surface area contributed by atoms with E-state index in [0.717, 1.165) is 6.42 Å². The van der Waals surface area contributed by atoms with Gasteiger partial charge in [-0.3, -0.25) is 0 Å². The third kappa shape index (κ3) is 27.5. The standard InChI is InChI=1S/C30H58/c1-3-5-7-9-11-13-15-17-19-21-23-25-27-29-30-28-26-24-22-20-18-16-14-12-10-8-6-4-2/h3,9,11H,1,4-8,10,12-30H2,2H3. The Bertz CT molecular complexity index is 327. The summed E-state index contributed by atoms with van der Waals surface area (Å²) in [5.41, 5.74) is 0. The molecule has 0 aromatic carbocycles. The van der Waals surface area contributed by atoms with Gasteiger partial charge in [0, 0.05) is 0 Å². The highest BCUT2D eigenvalue weighted by Crippen LogP contribution is 2.15. The second-order valence-electron chi connectivity index (χ2n) is 9.55. The smallest absolute Gasteiger partial charge is 0.0316 e. The van der Waals surface area contributed by atoms with Crippen molar-refractivity contribution in [3.63, 3.8) is 0 Å². The van der Waals surface area contributed by atoms with Gasteiger partial charge in [0.15, 0.2) is 0 Å². The van der Waals surface area contributed by atoms with Crippen molar-refractivity contribution < 1.29 is 0 Å². The molecule has 0 saturated carbocycles. The highest BCUT2D eigenvalue weighted by Gasteiger charge is 1.95. The van der Waals surface area contributed by atoms with Crippen LogP contribution >= 0.6 is 0 Å². The lowest BCUT2D eigenvalue weighted by Crippen LogP contribution is -1.84. The van der Waals surface area contributed by atoms with Gasteiger partial charge in [0.1, 0.15) is 0 Å². The predicted octanol–water partition coefficient (Wildman–Crippen LogP) is 11.5. The van der Waals surface area contributed by atoms with Gasteiger partial charge in [0.2, 0.25) is 0 Å². The minimum absolute atomic E-state index is 1.12. The highest BCUT2D eigenvalue weighted by atomic mass is 14.0. The minimum Gasteiger partial charge on any atom is -0.103 e. The summed E-state index contributed by atoms with van der Waals surface area (Å²) in [6.45, 7) is 6.06. The molecule has 0 unspecified atom stereocenters. The first-order chi connectivity index (χ1) is 14.9. The molecule has 0 rings (SSSR count). The molecule has 0 N–H and O–H groups in total. The van der Waals surface area contributed by atoms with Crippen molar-refractivity contribution in [2.75, 3.05) is 0 Å². The summed E-state index contributed by atoms with van der Waals surface area (Å²) in [5, 5.41) is 0. The Balaban J connectivity index is 3.02. The maximum Gasteiger partial charge on any atom is -0.0316 e. The van der Waals surface area contributed by atoms with E-state index in [1.54, 1.807) is 0 Å². The molecule has 0 aromatic rings. The van der Waals surface area contributed by atoms with Crippen molar-refractivity contribution in [3.8, 4) is 0 Å². The summed E-state index contributed by atoms with van der Waals surface area (Å²) in [7, 11) is 0. The number of allylic oxidation sites excluding steroid dienone is 3. The van der Waals surface area contributed by atoms with Crippen LogP contribution < -0.4 is 0 Å². The van der Waals surface area contributed by atoms with Gasteiger partial charge in [0.25, 0.3) is 0 Å². The minimum atomic E-state index is 1.12. The van der Waals surface area contributed by atoms with Crippen LogP contribution in [-0.4, -0.2) is 0 Å². The van der Waals surface area contributed by atoms with Crippen molar-refractivity contribution in [2.24, 2.45) is 0 Å². The van der Waals surface area contributed by atoms with Gasteiger partial charge in [-0.1, -0.05) is 160 Å². The van der Waals surface area contributed by atoms with Gasteiger partial charge in [-0.05, 0) is 25.7 Å². The summed E-state index contributed by atoms with van der Waals surface area (Å²) in [6.07, 6.45) is 42.4. The fourth-order valence-corrected chi connectivity index (χ4v) is 4.32. The molecule has 0 saturated heterocycles. The molecular weight excluding hydrogens is 360 g/mol. The zero-order valence-electron chi connectivity index (χ0n) is 21.1. The van der Waals surface area contributed by atoms with Crippen LogP contribution in [0.15, 0.2) is 24.8 Å². The van der Waals surface area contributed by atoms with Crippen molar-refractivity contribution in [1.82, 2.24) is 0 Å².